The summed E-state index contributed by atoms with van der Waals surface area (Å²) in [6.07, 6.45) is 4.89. The minimum Gasteiger partial charge on any atom is -0.366 e. The zero-order valence-corrected chi connectivity index (χ0v) is 14.7. The average molecular weight is 312 g/mol. The van der Waals surface area contributed by atoms with Gasteiger partial charge >= 0.3 is 0 Å². The van der Waals surface area contributed by atoms with Crippen molar-refractivity contribution in [3.05, 3.63) is 47.2 Å². The molecule has 3 nitrogen and oxygen atoms in total. The van der Waals surface area contributed by atoms with E-state index < -0.39 is 0 Å². The molecule has 124 valence electrons. The molecule has 2 aromatic rings. The molecule has 1 aromatic carbocycles. The van der Waals surface area contributed by atoms with Crippen molar-refractivity contribution in [2.75, 3.05) is 0 Å². The number of unbranched alkanes of at least 4 members (excludes halogenated alkanes) is 2. The number of amides is 1. The Kier molecular flexibility index (Phi) is 5.64. The minimum absolute atomic E-state index is 0.280. The van der Waals surface area contributed by atoms with E-state index in [2.05, 4.69) is 49.6 Å². The number of carbonyl (C=O) groups excluding carboxylic acids is 1. The lowest BCUT2D eigenvalue weighted by molar-refractivity contribution is 0.0999. The third-order valence-electron chi connectivity index (χ3n) is 4.39. The molecule has 0 aliphatic carbocycles. The van der Waals surface area contributed by atoms with E-state index in [1.54, 1.807) is 0 Å². The third kappa shape index (κ3) is 3.84. The van der Waals surface area contributed by atoms with Crippen LogP contribution in [0.2, 0.25) is 0 Å². The molecule has 0 saturated carbocycles. The molecule has 1 aromatic heterocycles. The average Bonchev–Trinajstić information content (AvgIpc) is 2.86. The molecule has 2 N–H and O–H groups in total. The van der Waals surface area contributed by atoms with Crippen molar-refractivity contribution in [3.63, 3.8) is 0 Å². The number of benzene rings is 1. The van der Waals surface area contributed by atoms with Gasteiger partial charge in [-0.25, -0.2) is 0 Å². The number of hydrogen-bond acceptors (Lipinski definition) is 1. The van der Waals surface area contributed by atoms with Gasteiger partial charge in [-0.05, 0) is 50.8 Å². The topological polar surface area (TPSA) is 48.0 Å². The molecule has 0 spiro atoms. The fraction of sp³-hybridized carbons (Fsp3) is 0.450. The summed E-state index contributed by atoms with van der Waals surface area (Å²) >= 11 is 0. The minimum atomic E-state index is -0.362. The smallest absolute Gasteiger partial charge is 0.250 e. The Bertz CT molecular complexity index is 666. The number of hydrogen-bond donors (Lipinski definition) is 1. The van der Waals surface area contributed by atoms with Crippen LogP contribution in [-0.2, 0) is 6.42 Å². The molecule has 1 heterocycles. The normalized spacial score (nSPS) is 11.2. The second-order valence-corrected chi connectivity index (χ2v) is 6.51. The molecule has 23 heavy (non-hydrogen) atoms. The molecule has 0 unspecified atom stereocenters. The SMILES string of the molecule is CCCCCc1ccc(-c2cc(C(N)=O)c(C)n2C(C)C)cc1. The highest BCUT2D eigenvalue weighted by molar-refractivity contribution is 5.95. The van der Waals surface area contributed by atoms with E-state index in [1.165, 1.54) is 24.8 Å². The Hall–Kier alpha value is -2.03. The summed E-state index contributed by atoms with van der Waals surface area (Å²) in [5.41, 5.74) is 10.6. The summed E-state index contributed by atoms with van der Waals surface area (Å²) in [5.74, 6) is -0.362. The predicted molar refractivity (Wildman–Crippen MR) is 96.7 cm³/mol. The van der Waals surface area contributed by atoms with Crippen molar-refractivity contribution in [1.29, 1.82) is 0 Å². The second kappa shape index (κ2) is 7.49. The highest BCUT2D eigenvalue weighted by atomic mass is 16.1. The van der Waals surface area contributed by atoms with Crippen molar-refractivity contribution in [3.8, 4) is 11.3 Å². The number of primary amides is 1. The van der Waals surface area contributed by atoms with Crippen LogP contribution < -0.4 is 5.73 Å². The molecule has 0 atom stereocenters. The lowest BCUT2D eigenvalue weighted by Gasteiger charge is -2.16. The van der Waals surface area contributed by atoms with Crippen LogP contribution in [-0.4, -0.2) is 10.5 Å². The molecule has 3 heteroatoms. The van der Waals surface area contributed by atoms with Gasteiger partial charge in [-0.1, -0.05) is 44.0 Å². The van der Waals surface area contributed by atoms with E-state index in [9.17, 15) is 4.79 Å². The monoisotopic (exact) mass is 312 g/mol. The van der Waals surface area contributed by atoms with E-state index in [0.717, 1.165) is 23.4 Å². The van der Waals surface area contributed by atoms with Crippen LogP contribution >= 0.6 is 0 Å². The molecule has 0 radical (unpaired) electrons. The first kappa shape index (κ1) is 17.3. The molecule has 2 rings (SSSR count). The van der Waals surface area contributed by atoms with E-state index >= 15 is 0 Å². The van der Waals surface area contributed by atoms with Crippen molar-refractivity contribution >= 4 is 5.91 Å². The summed E-state index contributed by atoms with van der Waals surface area (Å²) in [4.78, 5) is 11.7. The Morgan fingerprint density at radius 3 is 2.35 bits per heavy atom. The maximum absolute atomic E-state index is 11.7. The Morgan fingerprint density at radius 2 is 1.83 bits per heavy atom. The number of nitrogens with two attached hydrogens (primary N) is 1. The van der Waals surface area contributed by atoms with Crippen LogP contribution in [0, 0.1) is 6.92 Å². The summed E-state index contributed by atoms with van der Waals surface area (Å²) in [7, 11) is 0. The molecular weight excluding hydrogens is 284 g/mol. The number of aromatic nitrogens is 1. The summed E-state index contributed by atoms with van der Waals surface area (Å²) < 4.78 is 2.19. The first-order valence-electron chi connectivity index (χ1n) is 8.56. The molecule has 0 fully saturated rings. The van der Waals surface area contributed by atoms with Gasteiger partial charge in [0.15, 0.2) is 0 Å². The van der Waals surface area contributed by atoms with Crippen LogP contribution in [0.15, 0.2) is 30.3 Å². The summed E-state index contributed by atoms with van der Waals surface area (Å²) in [6, 6.07) is 10.9. The third-order valence-corrected chi connectivity index (χ3v) is 4.39. The highest BCUT2D eigenvalue weighted by Gasteiger charge is 2.18. The van der Waals surface area contributed by atoms with Gasteiger partial charge in [0.05, 0.1) is 5.56 Å². The number of carbonyl (C=O) groups is 1. The van der Waals surface area contributed by atoms with Crippen LogP contribution in [0.25, 0.3) is 11.3 Å². The second-order valence-electron chi connectivity index (χ2n) is 6.51. The van der Waals surface area contributed by atoms with Crippen LogP contribution in [0.3, 0.4) is 0 Å². The Balaban J connectivity index is 2.34. The summed E-state index contributed by atoms with van der Waals surface area (Å²) in [5, 5.41) is 0. The van der Waals surface area contributed by atoms with Gasteiger partial charge in [-0.2, -0.15) is 0 Å². The number of rotatable bonds is 7. The molecule has 0 aliphatic heterocycles. The molecular formula is C20H28N2O. The van der Waals surface area contributed by atoms with E-state index in [0.29, 0.717) is 5.56 Å². The van der Waals surface area contributed by atoms with Crippen LogP contribution in [0.4, 0.5) is 0 Å². The van der Waals surface area contributed by atoms with Crippen molar-refractivity contribution < 1.29 is 4.79 Å². The first-order chi connectivity index (χ1) is 11.0. The maximum Gasteiger partial charge on any atom is 0.250 e. The lowest BCUT2D eigenvalue weighted by atomic mass is 10.0. The quantitative estimate of drug-likeness (QED) is 0.728. The number of nitrogens with zero attached hydrogens (tertiary/aromatic N) is 1. The van der Waals surface area contributed by atoms with Gasteiger partial charge < -0.3 is 10.3 Å². The largest absolute Gasteiger partial charge is 0.366 e. The highest BCUT2D eigenvalue weighted by Crippen LogP contribution is 2.29. The standard InChI is InChI=1S/C20H28N2O/c1-5-6-7-8-16-9-11-17(12-10-16)19-13-18(20(21)23)15(4)22(19)14(2)3/h9-14H,5-8H2,1-4H3,(H2,21,23). The van der Waals surface area contributed by atoms with Crippen LogP contribution in [0.5, 0.6) is 0 Å². The van der Waals surface area contributed by atoms with Gasteiger partial charge in [0, 0.05) is 17.4 Å². The van der Waals surface area contributed by atoms with Gasteiger partial charge in [-0.15, -0.1) is 0 Å². The first-order valence-corrected chi connectivity index (χ1v) is 8.56. The lowest BCUT2D eigenvalue weighted by Crippen LogP contribution is -2.13. The van der Waals surface area contributed by atoms with E-state index in [1.807, 2.05) is 13.0 Å². The van der Waals surface area contributed by atoms with Crippen LogP contribution in [0.1, 0.15) is 67.7 Å². The van der Waals surface area contributed by atoms with Crippen molar-refractivity contribution in [1.82, 2.24) is 4.57 Å². The van der Waals surface area contributed by atoms with Gasteiger partial charge in [-0.3, -0.25) is 4.79 Å². The fourth-order valence-electron chi connectivity index (χ4n) is 3.18. The molecule has 1 amide bonds. The predicted octanol–water partition coefficient (Wildman–Crippen LogP) is 4.88. The van der Waals surface area contributed by atoms with E-state index in [-0.39, 0.29) is 11.9 Å². The van der Waals surface area contributed by atoms with E-state index in [4.69, 9.17) is 5.73 Å². The van der Waals surface area contributed by atoms with Crippen molar-refractivity contribution in [2.24, 2.45) is 5.73 Å². The fourth-order valence-corrected chi connectivity index (χ4v) is 3.18. The van der Waals surface area contributed by atoms with Crippen molar-refractivity contribution in [2.45, 2.75) is 59.4 Å². The zero-order valence-electron chi connectivity index (χ0n) is 14.7. The maximum atomic E-state index is 11.7. The summed E-state index contributed by atoms with van der Waals surface area (Å²) in [6.45, 7) is 8.44. The number of aryl methyl sites for hydroxylation is 1. The van der Waals surface area contributed by atoms with Gasteiger partial charge in [0.1, 0.15) is 0 Å². The molecule has 0 aliphatic rings. The molecule has 0 saturated heterocycles. The Morgan fingerprint density at radius 1 is 1.17 bits per heavy atom. The van der Waals surface area contributed by atoms with Gasteiger partial charge in [0.2, 0.25) is 0 Å². The Labute approximate surface area is 139 Å². The van der Waals surface area contributed by atoms with Gasteiger partial charge in [0.25, 0.3) is 5.91 Å². The molecule has 0 bridgehead atoms. The zero-order chi connectivity index (χ0) is 17.0.